The maximum absolute atomic E-state index is 6.12. The highest BCUT2D eigenvalue weighted by atomic mass is 35.5. The number of rotatable bonds is 4. The molecule has 14 heavy (non-hydrogen) atoms. The van der Waals surface area contributed by atoms with Crippen molar-refractivity contribution in [2.45, 2.75) is 13.5 Å². The van der Waals surface area contributed by atoms with Crippen LogP contribution in [0.3, 0.4) is 0 Å². The van der Waals surface area contributed by atoms with E-state index in [9.17, 15) is 0 Å². The molecule has 80 valence electrons. The van der Waals surface area contributed by atoms with E-state index in [2.05, 4.69) is 10.00 Å². The Hall–Kier alpha value is -0.250. The van der Waals surface area contributed by atoms with Gasteiger partial charge in [-0.25, -0.2) is 0 Å². The molecule has 0 amide bonds. The highest BCUT2D eigenvalue weighted by Gasteiger charge is 2.12. The molecule has 0 aliphatic heterocycles. The summed E-state index contributed by atoms with van der Waals surface area (Å²) in [4.78, 5) is 2.12. The molecular weight excluding hydrogens is 221 g/mol. The lowest BCUT2D eigenvalue weighted by molar-refractivity contribution is 0.337. The van der Waals surface area contributed by atoms with Gasteiger partial charge in [0, 0.05) is 26.0 Å². The number of hydrogen-bond donors (Lipinski definition) is 0. The van der Waals surface area contributed by atoms with Crippen molar-refractivity contribution >= 4 is 23.2 Å². The maximum Gasteiger partial charge on any atom is 0.0860 e. The number of alkyl halides is 1. The lowest BCUT2D eigenvalue weighted by atomic mass is 10.3. The third kappa shape index (κ3) is 2.62. The van der Waals surface area contributed by atoms with Gasteiger partial charge in [-0.3, -0.25) is 9.58 Å². The zero-order valence-electron chi connectivity index (χ0n) is 8.72. The number of halogens is 2. The summed E-state index contributed by atoms with van der Waals surface area (Å²) < 4.78 is 1.82. The first kappa shape index (κ1) is 11.8. The van der Waals surface area contributed by atoms with Crippen LogP contribution in [0.15, 0.2) is 0 Å². The molecular formula is C9H15Cl2N3. The minimum Gasteiger partial charge on any atom is -0.299 e. The van der Waals surface area contributed by atoms with Gasteiger partial charge in [0.15, 0.2) is 0 Å². The Balaban J connectivity index is 2.75. The van der Waals surface area contributed by atoms with Crippen LogP contribution >= 0.6 is 23.2 Å². The van der Waals surface area contributed by atoms with Gasteiger partial charge >= 0.3 is 0 Å². The Morgan fingerprint density at radius 1 is 1.50 bits per heavy atom. The van der Waals surface area contributed by atoms with E-state index in [1.807, 2.05) is 25.7 Å². The van der Waals surface area contributed by atoms with Crippen molar-refractivity contribution in [3.05, 3.63) is 16.4 Å². The fraction of sp³-hybridized carbons (Fsp3) is 0.667. The largest absolute Gasteiger partial charge is 0.299 e. The summed E-state index contributed by atoms with van der Waals surface area (Å²) in [6.07, 6.45) is 0. The molecule has 5 heteroatoms. The first-order valence-corrected chi connectivity index (χ1v) is 5.40. The van der Waals surface area contributed by atoms with Gasteiger partial charge in [-0.1, -0.05) is 11.6 Å². The summed E-state index contributed by atoms with van der Waals surface area (Å²) in [5.41, 5.74) is 1.92. The van der Waals surface area contributed by atoms with Gasteiger partial charge in [0.05, 0.1) is 16.4 Å². The monoisotopic (exact) mass is 235 g/mol. The van der Waals surface area contributed by atoms with Gasteiger partial charge < -0.3 is 0 Å². The zero-order chi connectivity index (χ0) is 10.7. The zero-order valence-corrected chi connectivity index (χ0v) is 10.2. The lowest BCUT2D eigenvalue weighted by Gasteiger charge is -2.14. The van der Waals surface area contributed by atoms with Gasteiger partial charge in [0.2, 0.25) is 0 Å². The van der Waals surface area contributed by atoms with E-state index in [4.69, 9.17) is 23.2 Å². The maximum atomic E-state index is 6.12. The fourth-order valence-electron chi connectivity index (χ4n) is 1.33. The second-order valence-corrected chi connectivity index (χ2v) is 4.15. The third-order valence-corrected chi connectivity index (χ3v) is 2.81. The van der Waals surface area contributed by atoms with E-state index >= 15 is 0 Å². The molecule has 0 N–H and O–H groups in total. The van der Waals surface area contributed by atoms with Gasteiger partial charge in [-0.05, 0) is 14.0 Å². The molecule has 1 rings (SSSR count). The van der Waals surface area contributed by atoms with Crippen molar-refractivity contribution in [3.63, 3.8) is 0 Å². The van der Waals surface area contributed by atoms with Crippen LogP contribution in [0.5, 0.6) is 0 Å². The Bertz CT molecular complexity index is 309. The number of aromatic nitrogens is 2. The first-order chi connectivity index (χ1) is 6.56. The topological polar surface area (TPSA) is 21.1 Å². The minimum absolute atomic E-state index is 0.630. The molecule has 0 aliphatic rings. The molecule has 0 radical (unpaired) electrons. The van der Waals surface area contributed by atoms with E-state index < -0.39 is 0 Å². The van der Waals surface area contributed by atoms with Crippen LogP contribution in [0.25, 0.3) is 0 Å². The average Bonchev–Trinajstić information content (AvgIpc) is 2.33. The molecule has 0 saturated carbocycles. The summed E-state index contributed by atoms with van der Waals surface area (Å²) >= 11 is 11.8. The highest BCUT2D eigenvalue weighted by molar-refractivity contribution is 6.31. The van der Waals surface area contributed by atoms with E-state index in [-0.39, 0.29) is 0 Å². The SMILES string of the molecule is Cc1nn(C)c(CN(C)CCCl)c1Cl. The van der Waals surface area contributed by atoms with Gasteiger partial charge in [-0.2, -0.15) is 5.10 Å². The molecule has 1 aromatic rings. The van der Waals surface area contributed by atoms with Gasteiger partial charge in [0.1, 0.15) is 0 Å². The quantitative estimate of drug-likeness (QED) is 0.746. The minimum atomic E-state index is 0.630. The first-order valence-electron chi connectivity index (χ1n) is 4.48. The summed E-state index contributed by atoms with van der Waals surface area (Å²) in [6.45, 7) is 3.54. The van der Waals surface area contributed by atoms with Gasteiger partial charge in [0.25, 0.3) is 0 Å². The van der Waals surface area contributed by atoms with Crippen LogP contribution in [0.4, 0.5) is 0 Å². The third-order valence-electron chi connectivity index (χ3n) is 2.15. The second kappa shape index (κ2) is 5.01. The predicted molar refractivity (Wildman–Crippen MR) is 60.0 cm³/mol. The summed E-state index contributed by atoms with van der Waals surface area (Å²) in [5, 5.41) is 5.01. The van der Waals surface area contributed by atoms with Crippen molar-refractivity contribution in [1.82, 2.24) is 14.7 Å². The molecule has 0 aliphatic carbocycles. The molecule has 0 spiro atoms. The van der Waals surface area contributed by atoms with Crippen LogP contribution in [0.1, 0.15) is 11.4 Å². The fourth-order valence-corrected chi connectivity index (χ4v) is 1.84. The second-order valence-electron chi connectivity index (χ2n) is 3.40. The number of hydrogen-bond acceptors (Lipinski definition) is 2. The summed E-state index contributed by atoms with van der Waals surface area (Å²) in [6, 6.07) is 0. The summed E-state index contributed by atoms with van der Waals surface area (Å²) in [5.74, 6) is 0.630. The van der Waals surface area contributed by atoms with Gasteiger partial charge in [-0.15, -0.1) is 11.6 Å². The molecule has 0 bridgehead atoms. The molecule has 3 nitrogen and oxygen atoms in total. The van der Waals surface area contributed by atoms with Crippen LogP contribution in [0, 0.1) is 6.92 Å². The van der Waals surface area contributed by atoms with Crippen LogP contribution < -0.4 is 0 Å². The smallest absolute Gasteiger partial charge is 0.0860 e. The Kier molecular flexibility index (Phi) is 4.23. The predicted octanol–water partition coefficient (Wildman–Crippen LogP) is 2.05. The number of aryl methyl sites for hydroxylation is 2. The van der Waals surface area contributed by atoms with Crippen LogP contribution in [0.2, 0.25) is 5.02 Å². The standard InChI is InChI=1S/C9H15Cl2N3/c1-7-9(11)8(14(3)12-7)6-13(2)5-4-10/h4-6H2,1-3H3. The van der Waals surface area contributed by atoms with E-state index in [1.54, 1.807) is 0 Å². The normalized spacial score (nSPS) is 11.3. The van der Waals surface area contributed by atoms with E-state index in [0.29, 0.717) is 5.88 Å². The molecule has 0 fully saturated rings. The summed E-state index contributed by atoms with van der Waals surface area (Å²) in [7, 11) is 3.92. The molecule has 1 aromatic heterocycles. The molecule has 0 saturated heterocycles. The van der Waals surface area contributed by atoms with Crippen molar-refractivity contribution in [2.75, 3.05) is 19.5 Å². The number of nitrogens with zero attached hydrogens (tertiary/aromatic N) is 3. The van der Waals surface area contributed by atoms with Crippen molar-refractivity contribution in [2.24, 2.45) is 7.05 Å². The molecule has 0 unspecified atom stereocenters. The molecule has 0 aromatic carbocycles. The highest BCUT2D eigenvalue weighted by Crippen LogP contribution is 2.20. The average molecular weight is 236 g/mol. The van der Waals surface area contributed by atoms with Crippen molar-refractivity contribution < 1.29 is 0 Å². The van der Waals surface area contributed by atoms with Crippen LogP contribution in [-0.2, 0) is 13.6 Å². The van der Waals surface area contributed by atoms with Crippen LogP contribution in [-0.4, -0.2) is 34.2 Å². The molecule has 0 atom stereocenters. The molecule has 1 heterocycles. The van der Waals surface area contributed by atoms with Crippen molar-refractivity contribution in [1.29, 1.82) is 0 Å². The Morgan fingerprint density at radius 2 is 2.14 bits per heavy atom. The van der Waals surface area contributed by atoms with Crippen molar-refractivity contribution in [3.8, 4) is 0 Å². The lowest BCUT2D eigenvalue weighted by Crippen LogP contribution is -2.21. The Labute approximate surface area is 94.6 Å². The van der Waals surface area contributed by atoms with E-state index in [0.717, 1.165) is 29.5 Å². The Morgan fingerprint density at radius 3 is 2.57 bits per heavy atom. The van der Waals surface area contributed by atoms with E-state index in [1.165, 1.54) is 0 Å².